The second-order valence-corrected chi connectivity index (χ2v) is 4.15. The third kappa shape index (κ3) is 0.948. The van der Waals surface area contributed by atoms with E-state index in [1.807, 2.05) is 0 Å². The molecule has 0 saturated heterocycles. The summed E-state index contributed by atoms with van der Waals surface area (Å²) < 4.78 is 24.5. The first-order chi connectivity index (χ1) is 5.70. The summed E-state index contributed by atoms with van der Waals surface area (Å²) in [7, 11) is 0.691. The lowest BCUT2D eigenvalue weighted by atomic mass is 10.3. The van der Waals surface area contributed by atoms with E-state index in [-0.39, 0.29) is 5.82 Å². The third-order valence-electron chi connectivity index (χ3n) is 1.89. The molecule has 0 amide bonds. The average molecular weight is 185 g/mol. The van der Waals surface area contributed by atoms with E-state index in [2.05, 4.69) is 0 Å². The fourth-order valence-corrected chi connectivity index (χ4v) is 2.68. The monoisotopic (exact) mass is 185 g/mol. The van der Waals surface area contributed by atoms with Gasteiger partial charge in [-0.05, 0) is 12.1 Å². The highest BCUT2D eigenvalue weighted by Gasteiger charge is 2.25. The van der Waals surface area contributed by atoms with Gasteiger partial charge in [-0.15, -0.1) is 0 Å². The maximum absolute atomic E-state index is 13.1. The molecule has 1 aromatic rings. The Labute approximate surface area is 72.5 Å². The van der Waals surface area contributed by atoms with Crippen LogP contribution in [0.15, 0.2) is 23.1 Å². The van der Waals surface area contributed by atoms with Crippen molar-refractivity contribution >= 4 is 16.5 Å². The highest BCUT2D eigenvalue weighted by atomic mass is 32.2. The topological polar surface area (TPSA) is 20.3 Å². The van der Waals surface area contributed by atoms with E-state index in [1.165, 1.54) is 6.07 Å². The summed E-state index contributed by atoms with van der Waals surface area (Å²) in [6, 6.07) is 4.68. The Balaban J connectivity index is 2.67. The van der Waals surface area contributed by atoms with Crippen molar-refractivity contribution in [3.05, 3.63) is 24.0 Å². The Bertz CT molecular complexity index is 353. The first-order valence-corrected chi connectivity index (χ1v) is 4.90. The second kappa shape index (κ2) is 2.55. The predicted octanol–water partition coefficient (Wildman–Crippen LogP) is 1.34. The van der Waals surface area contributed by atoms with Crippen LogP contribution in [0.2, 0.25) is 0 Å². The minimum Gasteiger partial charge on any atom is -0.359 e. The predicted molar refractivity (Wildman–Crippen MR) is 46.1 cm³/mol. The van der Waals surface area contributed by atoms with Crippen molar-refractivity contribution in [2.45, 2.75) is 4.90 Å². The van der Waals surface area contributed by atoms with Gasteiger partial charge < -0.3 is 4.90 Å². The molecule has 0 bridgehead atoms. The van der Waals surface area contributed by atoms with Gasteiger partial charge in [0, 0.05) is 7.05 Å². The van der Waals surface area contributed by atoms with Crippen LogP contribution in [0.3, 0.4) is 0 Å². The van der Waals surface area contributed by atoms with Crippen LogP contribution in [0.1, 0.15) is 0 Å². The van der Waals surface area contributed by atoms with Crippen LogP contribution in [-0.2, 0) is 10.8 Å². The zero-order valence-electron chi connectivity index (χ0n) is 6.58. The van der Waals surface area contributed by atoms with Gasteiger partial charge in [0.25, 0.3) is 0 Å². The third-order valence-corrected chi connectivity index (χ3v) is 3.33. The highest BCUT2D eigenvalue weighted by Crippen LogP contribution is 2.32. The van der Waals surface area contributed by atoms with Gasteiger partial charge in [0.2, 0.25) is 0 Å². The number of benzene rings is 1. The van der Waals surface area contributed by atoms with Gasteiger partial charge in [-0.3, -0.25) is 4.21 Å². The summed E-state index contributed by atoms with van der Waals surface area (Å²) in [4.78, 5) is 2.29. The van der Waals surface area contributed by atoms with Gasteiger partial charge in [-0.1, -0.05) is 6.07 Å². The van der Waals surface area contributed by atoms with Crippen molar-refractivity contribution in [2.24, 2.45) is 0 Å². The van der Waals surface area contributed by atoms with E-state index in [0.717, 1.165) is 0 Å². The quantitative estimate of drug-likeness (QED) is 0.608. The molecule has 0 fully saturated rings. The first-order valence-electron chi connectivity index (χ1n) is 3.58. The summed E-state index contributed by atoms with van der Waals surface area (Å²) in [5.41, 5.74) is 0.482. The Kier molecular flexibility index (Phi) is 1.65. The largest absolute Gasteiger partial charge is 0.359 e. The van der Waals surface area contributed by atoms with E-state index >= 15 is 0 Å². The van der Waals surface area contributed by atoms with E-state index in [9.17, 15) is 8.60 Å². The first kappa shape index (κ1) is 7.73. The molecule has 0 aliphatic carbocycles. The molecule has 0 N–H and O–H groups in total. The van der Waals surface area contributed by atoms with Gasteiger partial charge in [0.05, 0.1) is 27.3 Å². The molecule has 1 heterocycles. The molecule has 0 radical (unpaired) electrons. The van der Waals surface area contributed by atoms with E-state index in [0.29, 0.717) is 16.5 Å². The lowest BCUT2D eigenvalue weighted by Crippen LogP contribution is -2.14. The van der Waals surface area contributed by atoms with E-state index in [1.54, 1.807) is 24.1 Å². The van der Waals surface area contributed by atoms with Crippen LogP contribution < -0.4 is 4.90 Å². The van der Waals surface area contributed by atoms with Crippen LogP contribution >= 0.6 is 0 Å². The molecule has 0 aromatic heterocycles. The van der Waals surface area contributed by atoms with Gasteiger partial charge in [0.1, 0.15) is 5.82 Å². The Hall–Kier alpha value is -0.900. The summed E-state index contributed by atoms with van der Waals surface area (Å²) in [5, 5.41) is 0. The van der Waals surface area contributed by atoms with Crippen LogP contribution in [0, 0.1) is 5.82 Å². The molecular formula is C8H8FNOS. The van der Waals surface area contributed by atoms with E-state index in [4.69, 9.17) is 0 Å². The summed E-state index contributed by atoms with van der Waals surface area (Å²) in [5.74, 6) is 0.108. The molecule has 12 heavy (non-hydrogen) atoms. The van der Waals surface area contributed by atoms with Crippen LogP contribution in [0.5, 0.6) is 0 Å². The Morgan fingerprint density at radius 3 is 3.00 bits per heavy atom. The zero-order valence-corrected chi connectivity index (χ0v) is 7.40. The average Bonchev–Trinajstić information content (AvgIpc) is 2.29. The molecule has 1 aliphatic rings. The number of hydrogen-bond acceptors (Lipinski definition) is 2. The number of anilines is 1. The van der Waals surface area contributed by atoms with Crippen LogP contribution in [0.25, 0.3) is 0 Å². The molecule has 1 unspecified atom stereocenters. The minimum absolute atomic E-state index is 0.291. The van der Waals surface area contributed by atoms with Gasteiger partial charge in [0.15, 0.2) is 0 Å². The maximum atomic E-state index is 13.1. The lowest BCUT2D eigenvalue weighted by Gasteiger charge is -2.09. The SMILES string of the molecule is CN1CS(=O)c2cccc(F)c21. The standard InChI is InChI=1S/C8H8FNOS/c1-10-5-12(11)7-4-2-3-6(9)8(7)10/h2-4H,5H2,1H3. The van der Waals surface area contributed by atoms with Crippen molar-refractivity contribution in [3.8, 4) is 0 Å². The second-order valence-electron chi connectivity index (χ2n) is 2.76. The van der Waals surface area contributed by atoms with Crippen molar-refractivity contribution < 1.29 is 8.60 Å². The molecule has 4 heteroatoms. The number of halogens is 1. The zero-order chi connectivity index (χ0) is 8.72. The van der Waals surface area contributed by atoms with Gasteiger partial charge in [-0.25, -0.2) is 4.39 Å². The Morgan fingerprint density at radius 2 is 2.33 bits per heavy atom. The fourth-order valence-electron chi connectivity index (χ4n) is 1.36. The number of para-hydroxylation sites is 1. The van der Waals surface area contributed by atoms with Gasteiger partial charge in [-0.2, -0.15) is 0 Å². The van der Waals surface area contributed by atoms with E-state index < -0.39 is 10.8 Å². The number of rotatable bonds is 0. The van der Waals surface area contributed by atoms with Crippen molar-refractivity contribution in [3.63, 3.8) is 0 Å². The van der Waals surface area contributed by atoms with Crippen LogP contribution in [0.4, 0.5) is 10.1 Å². The summed E-state index contributed by atoms with van der Waals surface area (Å²) >= 11 is 0. The number of nitrogens with zero attached hydrogens (tertiary/aromatic N) is 1. The Morgan fingerprint density at radius 1 is 1.58 bits per heavy atom. The smallest absolute Gasteiger partial charge is 0.147 e. The molecule has 1 atom stereocenters. The number of fused-ring (bicyclic) bond motifs is 1. The molecule has 2 rings (SSSR count). The molecule has 1 aromatic carbocycles. The van der Waals surface area contributed by atoms with Crippen molar-refractivity contribution in [1.82, 2.24) is 0 Å². The maximum Gasteiger partial charge on any atom is 0.147 e. The fraction of sp³-hybridized carbons (Fsp3) is 0.250. The van der Waals surface area contributed by atoms with Crippen molar-refractivity contribution in [2.75, 3.05) is 17.8 Å². The summed E-state index contributed by atoms with van der Waals surface area (Å²) in [6.07, 6.45) is 0. The molecule has 0 saturated carbocycles. The molecule has 1 aliphatic heterocycles. The van der Waals surface area contributed by atoms with Gasteiger partial charge >= 0.3 is 0 Å². The molecule has 64 valence electrons. The van der Waals surface area contributed by atoms with Crippen LogP contribution in [-0.4, -0.2) is 17.1 Å². The molecular weight excluding hydrogens is 177 g/mol. The highest BCUT2D eigenvalue weighted by molar-refractivity contribution is 7.85. The lowest BCUT2D eigenvalue weighted by molar-refractivity contribution is 0.623. The minimum atomic E-state index is -1.05. The molecule has 2 nitrogen and oxygen atoms in total. The normalized spacial score (nSPS) is 21.2. The van der Waals surface area contributed by atoms with Crippen molar-refractivity contribution in [1.29, 1.82) is 0 Å². The summed E-state index contributed by atoms with van der Waals surface area (Å²) in [6.45, 7) is 0. The molecule has 0 spiro atoms. The number of hydrogen-bond donors (Lipinski definition) is 0.